The molecule has 0 aromatic heterocycles. The van der Waals surface area contributed by atoms with Crippen molar-refractivity contribution < 1.29 is 23.8 Å². The van der Waals surface area contributed by atoms with Gasteiger partial charge in [-0.1, -0.05) is 18.2 Å². The summed E-state index contributed by atoms with van der Waals surface area (Å²) in [7, 11) is 0. The Morgan fingerprint density at radius 2 is 1.92 bits per heavy atom. The van der Waals surface area contributed by atoms with Crippen molar-refractivity contribution in [1.29, 1.82) is 0 Å². The normalized spacial score (nSPS) is 13.8. The lowest BCUT2D eigenvalue weighted by atomic mass is 10.2. The van der Waals surface area contributed by atoms with Gasteiger partial charge in [-0.05, 0) is 42.3 Å². The van der Waals surface area contributed by atoms with Crippen molar-refractivity contribution in [3.8, 4) is 5.75 Å². The van der Waals surface area contributed by atoms with Gasteiger partial charge in [0, 0.05) is 12.2 Å². The first-order chi connectivity index (χ1) is 12.5. The lowest BCUT2D eigenvalue weighted by Crippen LogP contribution is -2.44. The molecule has 26 heavy (non-hydrogen) atoms. The molecule has 2 aromatic rings. The number of anilines is 1. The summed E-state index contributed by atoms with van der Waals surface area (Å²) in [4.78, 5) is 25.5. The van der Waals surface area contributed by atoms with Crippen LogP contribution in [0.3, 0.4) is 0 Å². The van der Waals surface area contributed by atoms with E-state index in [1.165, 1.54) is 29.8 Å². The minimum absolute atomic E-state index is 0.153. The van der Waals surface area contributed by atoms with E-state index in [0.717, 1.165) is 18.7 Å². The van der Waals surface area contributed by atoms with Crippen LogP contribution in [0.15, 0.2) is 48.5 Å². The van der Waals surface area contributed by atoms with Crippen LogP contribution in [0.2, 0.25) is 0 Å². The fourth-order valence-electron chi connectivity index (χ4n) is 2.86. The summed E-state index contributed by atoms with van der Waals surface area (Å²) < 4.78 is 18.2. The van der Waals surface area contributed by atoms with Crippen molar-refractivity contribution in [1.82, 2.24) is 5.32 Å². The second kappa shape index (κ2) is 7.86. The highest BCUT2D eigenvalue weighted by Crippen LogP contribution is 2.26. The molecule has 1 unspecified atom stereocenters. The highest BCUT2D eigenvalue weighted by molar-refractivity contribution is 5.83. The molecule has 7 heteroatoms. The highest BCUT2D eigenvalue weighted by atomic mass is 19.1. The predicted molar refractivity (Wildman–Crippen MR) is 93.8 cm³/mol. The Hall–Kier alpha value is -3.09. The maximum absolute atomic E-state index is 12.9. The molecule has 0 radical (unpaired) electrons. The van der Waals surface area contributed by atoms with Crippen molar-refractivity contribution in [3.05, 3.63) is 59.9 Å². The Labute approximate surface area is 150 Å². The van der Waals surface area contributed by atoms with E-state index >= 15 is 0 Å². The monoisotopic (exact) mass is 358 g/mol. The van der Waals surface area contributed by atoms with Gasteiger partial charge in [-0.2, -0.15) is 0 Å². The largest absolute Gasteiger partial charge is 0.478 e. The molecule has 2 aromatic carbocycles. The van der Waals surface area contributed by atoms with Gasteiger partial charge in [-0.25, -0.2) is 9.18 Å². The van der Waals surface area contributed by atoms with E-state index in [0.29, 0.717) is 0 Å². The minimum atomic E-state index is -1.25. The van der Waals surface area contributed by atoms with Gasteiger partial charge in [0.15, 0.2) is 0 Å². The summed E-state index contributed by atoms with van der Waals surface area (Å²) in [5, 5.41) is 11.8. The van der Waals surface area contributed by atoms with Crippen LogP contribution in [-0.2, 0) is 16.0 Å². The average Bonchev–Trinajstić information content (AvgIpc) is 3.03. The SMILES string of the molecule is O=C(CN1CCc2ccccc21)NCC(Oc1ccc(F)cc1)C(=O)O. The number of para-hydroxylation sites is 1. The molecule has 0 saturated carbocycles. The number of carbonyl (C=O) groups excluding carboxylic acids is 1. The Morgan fingerprint density at radius 3 is 2.65 bits per heavy atom. The molecule has 0 saturated heterocycles. The van der Waals surface area contributed by atoms with Crippen molar-refractivity contribution in [2.45, 2.75) is 12.5 Å². The van der Waals surface area contributed by atoms with Crippen LogP contribution in [-0.4, -0.2) is 42.7 Å². The second-order valence-electron chi connectivity index (χ2n) is 6.00. The first-order valence-electron chi connectivity index (χ1n) is 8.27. The zero-order valence-electron chi connectivity index (χ0n) is 14.0. The molecule has 0 bridgehead atoms. The van der Waals surface area contributed by atoms with Gasteiger partial charge in [0.2, 0.25) is 12.0 Å². The molecule has 0 aliphatic carbocycles. The van der Waals surface area contributed by atoms with Crippen molar-refractivity contribution in [3.63, 3.8) is 0 Å². The lowest BCUT2D eigenvalue weighted by Gasteiger charge is -2.20. The Balaban J connectivity index is 1.53. The number of carbonyl (C=O) groups is 2. The van der Waals surface area contributed by atoms with Gasteiger partial charge in [0.25, 0.3) is 0 Å². The molecule has 136 valence electrons. The number of ether oxygens (including phenoxy) is 1. The quantitative estimate of drug-likeness (QED) is 0.790. The van der Waals surface area contributed by atoms with E-state index in [4.69, 9.17) is 4.74 Å². The summed E-state index contributed by atoms with van der Waals surface area (Å²) in [6.45, 7) is 0.724. The van der Waals surface area contributed by atoms with Crippen LogP contribution in [0.5, 0.6) is 5.75 Å². The fourth-order valence-corrected chi connectivity index (χ4v) is 2.86. The Morgan fingerprint density at radius 1 is 1.19 bits per heavy atom. The van der Waals surface area contributed by atoms with E-state index in [1.807, 2.05) is 29.2 Å². The molecule has 1 amide bonds. The summed E-state index contributed by atoms with van der Waals surface area (Å²) >= 11 is 0. The molecule has 6 nitrogen and oxygen atoms in total. The smallest absolute Gasteiger partial charge is 0.346 e. The molecule has 0 fully saturated rings. The first-order valence-corrected chi connectivity index (χ1v) is 8.27. The zero-order valence-corrected chi connectivity index (χ0v) is 14.0. The maximum atomic E-state index is 12.9. The molecule has 0 spiro atoms. The highest BCUT2D eigenvalue weighted by Gasteiger charge is 2.23. The maximum Gasteiger partial charge on any atom is 0.346 e. The van der Waals surface area contributed by atoms with E-state index in [9.17, 15) is 19.1 Å². The van der Waals surface area contributed by atoms with Crippen LogP contribution in [0.1, 0.15) is 5.56 Å². The third-order valence-electron chi connectivity index (χ3n) is 4.17. The van der Waals surface area contributed by atoms with Gasteiger partial charge in [-0.15, -0.1) is 0 Å². The van der Waals surface area contributed by atoms with Crippen LogP contribution < -0.4 is 15.0 Å². The average molecular weight is 358 g/mol. The fraction of sp³-hybridized carbons (Fsp3) is 0.263. The number of aliphatic carboxylic acids is 1. The number of benzene rings is 2. The summed E-state index contributed by atoms with van der Waals surface area (Å²) in [5.41, 5.74) is 2.23. The lowest BCUT2D eigenvalue weighted by molar-refractivity contribution is -0.145. The zero-order chi connectivity index (χ0) is 18.5. The number of nitrogens with one attached hydrogen (secondary N) is 1. The van der Waals surface area contributed by atoms with Gasteiger partial charge in [0.05, 0.1) is 13.1 Å². The topological polar surface area (TPSA) is 78.9 Å². The van der Waals surface area contributed by atoms with E-state index < -0.39 is 17.9 Å². The summed E-state index contributed by atoms with van der Waals surface area (Å²) in [5.74, 6) is -1.71. The number of carboxylic acid groups (broad SMARTS) is 1. The van der Waals surface area contributed by atoms with E-state index in [1.54, 1.807) is 0 Å². The number of hydrogen-bond donors (Lipinski definition) is 2. The molecular weight excluding hydrogens is 339 g/mol. The number of fused-ring (bicyclic) bond motifs is 1. The van der Waals surface area contributed by atoms with Crippen molar-refractivity contribution in [2.24, 2.45) is 0 Å². The van der Waals surface area contributed by atoms with Gasteiger partial charge >= 0.3 is 5.97 Å². The third-order valence-corrected chi connectivity index (χ3v) is 4.17. The van der Waals surface area contributed by atoms with E-state index in [-0.39, 0.29) is 24.7 Å². The number of nitrogens with zero attached hydrogens (tertiary/aromatic N) is 1. The number of carboxylic acids is 1. The second-order valence-corrected chi connectivity index (χ2v) is 6.00. The number of amides is 1. The Bertz CT molecular complexity index is 794. The van der Waals surface area contributed by atoms with Crippen LogP contribution >= 0.6 is 0 Å². The summed E-state index contributed by atoms with van der Waals surface area (Å²) in [6.07, 6.45) is -0.371. The van der Waals surface area contributed by atoms with E-state index in [2.05, 4.69) is 5.32 Å². The molecule has 2 N–H and O–H groups in total. The predicted octanol–water partition coefficient (Wildman–Crippen LogP) is 1.84. The molecular formula is C19H19FN2O4. The van der Waals surface area contributed by atoms with Crippen molar-refractivity contribution in [2.75, 3.05) is 24.5 Å². The molecule has 1 aliphatic rings. The first kappa shape index (κ1) is 17.7. The minimum Gasteiger partial charge on any atom is -0.478 e. The number of rotatable bonds is 7. The molecule has 3 rings (SSSR count). The van der Waals surface area contributed by atoms with Crippen LogP contribution in [0.25, 0.3) is 0 Å². The third kappa shape index (κ3) is 4.30. The van der Waals surface area contributed by atoms with Crippen LogP contribution in [0, 0.1) is 5.82 Å². The molecule has 1 aliphatic heterocycles. The molecule has 1 heterocycles. The van der Waals surface area contributed by atoms with Gasteiger partial charge in [-0.3, -0.25) is 4.79 Å². The number of halogens is 1. The Kier molecular flexibility index (Phi) is 5.36. The number of hydrogen-bond acceptors (Lipinski definition) is 4. The van der Waals surface area contributed by atoms with Crippen LogP contribution in [0.4, 0.5) is 10.1 Å². The van der Waals surface area contributed by atoms with Crippen molar-refractivity contribution >= 4 is 17.6 Å². The summed E-state index contributed by atoms with van der Waals surface area (Å²) in [6, 6.07) is 12.9. The van der Waals surface area contributed by atoms with Gasteiger partial charge in [0.1, 0.15) is 11.6 Å². The van der Waals surface area contributed by atoms with Gasteiger partial charge < -0.3 is 20.1 Å². The standard InChI is InChI=1S/C19H19FN2O4/c20-14-5-7-15(8-6-14)26-17(19(24)25)11-21-18(23)12-22-10-9-13-3-1-2-4-16(13)22/h1-8,17H,9-12H2,(H,21,23)(H,24,25). The molecule has 1 atom stereocenters.